The van der Waals surface area contributed by atoms with Crippen molar-refractivity contribution >= 4 is 23.4 Å². The van der Waals surface area contributed by atoms with Gasteiger partial charge in [0.1, 0.15) is 12.4 Å². The third-order valence-electron chi connectivity index (χ3n) is 6.00. The molecule has 1 fully saturated rings. The van der Waals surface area contributed by atoms with Gasteiger partial charge in [-0.25, -0.2) is 9.87 Å². The Balaban J connectivity index is 1.81. The van der Waals surface area contributed by atoms with Crippen LogP contribution >= 0.6 is 0 Å². The van der Waals surface area contributed by atoms with Gasteiger partial charge in [-0.1, -0.05) is 25.3 Å². The molecule has 0 aliphatic heterocycles. The number of anilines is 1. The molecule has 0 spiro atoms. The summed E-state index contributed by atoms with van der Waals surface area (Å²) in [5.74, 6) is -2.25. The van der Waals surface area contributed by atoms with Gasteiger partial charge in [-0.3, -0.25) is 19.6 Å². The number of halogens is 1. The lowest BCUT2D eigenvalue weighted by molar-refractivity contribution is -0.122. The number of carbonyl (C=O) groups is 3. The van der Waals surface area contributed by atoms with Crippen LogP contribution in [0.2, 0.25) is 0 Å². The molecule has 2 aromatic carbocycles. The summed E-state index contributed by atoms with van der Waals surface area (Å²) in [4.78, 5) is 40.8. The van der Waals surface area contributed by atoms with Crippen molar-refractivity contribution in [2.45, 2.75) is 44.7 Å². The van der Waals surface area contributed by atoms with E-state index >= 15 is 0 Å². The molecule has 3 amide bonds. The molecule has 1 aliphatic carbocycles. The molecule has 1 aliphatic rings. The van der Waals surface area contributed by atoms with Crippen molar-refractivity contribution in [3.05, 3.63) is 65.0 Å². The highest BCUT2D eigenvalue weighted by Gasteiger charge is 2.23. The molecule has 182 valence electrons. The van der Waals surface area contributed by atoms with Crippen LogP contribution in [0.15, 0.2) is 42.5 Å². The summed E-state index contributed by atoms with van der Waals surface area (Å²) in [5.41, 5.74) is 2.85. The van der Waals surface area contributed by atoms with E-state index in [0.717, 1.165) is 43.9 Å². The monoisotopic (exact) mass is 470 g/mol. The maximum atomic E-state index is 14.7. The fourth-order valence-corrected chi connectivity index (χ4v) is 4.06. The number of hydrogen-bond acceptors (Lipinski definition) is 5. The van der Waals surface area contributed by atoms with Crippen LogP contribution in [0.4, 0.5) is 10.1 Å². The molecule has 8 nitrogen and oxygen atoms in total. The lowest BCUT2D eigenvalue weighted by atomic mass is 9.95. The minimum absolute atomic E-state index is 0.0593. The van der Waals surface area contributed by atoms with Gasteiger partial charge in [-0.15, -0.1) is 0 Å². The number of rotatable bonds is 8. The van der Waals surface area contributed by atoms with E-state index in [-0.39, 0.29) is 36.2 Å². The number of nitrogens with one attached hydrogen (secondary N) is 2. The Bertz CT molecular complexity index is 1020. The van der Waals surface area contributed by atoms with Crippen molar-refractivity contribution in [2.75, 3.05) is 25.5 Å². The minimum atomic E-state index is -0.841. The summed E-state index contributed by atoms with van der Waals surface area (Å²) >= 11 is 0. The van der Waals surface area contributed by atoms with Gasteiger partial charge in [0.25, 0.3) is 11.8 Å². The van der Waals surface area contributed by atoms with Gasteiger partial charge in [0.05, 0.1) is 0 Å². The van der Waals surface area contributed by atoms with Gasteiger partial charge in [0.15, 0.2) is 0 Å². The van der Waals surface area contributed by atoms with Gasteiger partial charge in [0, 0.05) is 49.1 Å². The Kier molecular flexibility index (Phi) is 8.59. The summed E-state index contributed by atoms with van der Waals surface area (Å²) in [5, 5.41) is 11.8. The number of hydrogen-bond donors (Lipinski definition) is 3. The van der Waals surface area contributed by atoms with E-state index in [9.17, 15) is 18.8 Å². The van der Waals surface area contributed by atoms with E-state index in [4.69, 9.17) is 5.21 Å². The Morgan fingerprint density at radius 2 is 1.65 bits per heavy atom. The Hall–Kier alpha value is -3.46. The highest BCUT2D eigenvalue weighted by atomic mass is 19.1. The number of nitrogens with zero attached hydrogens (tertiary/aromatic N) is 2. The molecule has 3 rings (SSSR count). The third kappa shape index (κ3) is 6.54. The molecule has 9 heteroatoms. The van der Waals surface area contributed by atoms with E-state index < -0.39 is 17.6 Å². The zero-order valence-electron chi connectivity index (χ0n) is 19.5. The zero-order valence-corrected chi connectivity index (χ0v) is 19.5. The summed E-state index contributed by atoms with van der Waals surface area (Å²) in [6.07, 6.45) is 5.10. The number of amides is 3. The van der Waals surface area contributed by atoms with Crippen LogP contribution < -0.4 is 15.7 Å². The van der Waals surface area contributed by atoms with Crippen LogP contribution in [0.5, 0.6) is 0 Å². The molecule has 0 radical (unpaired) electrons. The summed E-state index contributed by atoms with van der Waals surface area (Å²) in [7, 11) is 3.78. The second kappa shape index (κ2) is 11.6. The molecule has 0 heterocycles. The molecule has 2 aromatic rings. The van der Waals surface area contributed by atoms with Crippen LogP contribution in [-0.2, 0) is 11.3 Å². The Morgan fingerprint density at radius 1 is 1.00 bits per heavy atom. The summed E-state index contributed by atoms with van der Waals surface area (Å²) in [6, 6.07) is 10.7. The predicted octanol–water partition coefficient (Wildman–Crippen LogP) is 3.10. The molecular weight excluding hydrogens is 439 g/mol. The first kappa shape index (κ1) is 25.2. The van der Waals surface area contributed by atoms with Crippen LogP contribution in [0.3, 0.4) is 0 Å². The highest BCUT2D eigenvalue weighted by molar-refractivity contribution is 5.97. The average Bonchev–Trinajstić information content (AvgIpc) is 2.84. The summed E-state index contributed by atoms with van der Waals surface area (Å²) < 4.78 is 14.7. The van der Waals surface area contributed by atoms with Crippen LogP contribution in [0.1, 0.15) is 58.4 Å². The summed E-state index contributed by atoms with van der Waals surface area (Å²) in [6.45, 7) is -0.373. The number of carbonyl (C=O) groups excluding carboxylic acids is 3. The third-order valence-corrected chi connectivity index (χ3v) is 6.00. The van der Waals surface area contributed by atoms with Crippen LogP contribution in [0, 0.1) is 5.82 Å². The lowest BCUT2D eigenvalue weighted by Gasteiger charge is -2.26. The standard InChI is InChI=1S/C25H31FN4O4/c1-29(2)21-12-10-17(11-13-21)25(33)30(16-23(31)27-20-6-4-3-5-7-20)15-19-9-8-18(14-22(19)26)24(32)28-34/h8-14,20,34H,3-7,15-16H2,1-2H3,(H,27,31)(H,28,32). The molecule has 0 bridgehead atoms. The van der Waals surface area contributed by atoms with Crippen LogP contribution in [0.25, 0.3) is 0 Å². The fraction of sp³-hybridized carbons (Fsp3) is 0.400. The van der Waals surface area contributed by atoms with Gasteiger partial charge in [0.2, 0.25) is 5.91 Å². The highest BCUT2D eigenvalue weighted by Crippen LogP contribution is 2.19. The largest absolute Gasteiger partial charge is 0.378 e. The van der Waals surface area contributed by atoms with E-state index in [1.54, 1.807) is 24.3 Å². The second-order valence-corrected chi connectivity index (χ2v) is 8.75. The zero-order chi connectivity index (χ0) is 24.7. The van der Waals surface area contributed by atoms with Crippen molar-refractivity contribution < 1.29 is 24.0 Å². The first-order chi connectivity index (χ1) is 16.3. The van der Waals surface area contributed by atoms with E-state index in [1.165, 1.54) is 22.5 Å². The molecule has 1 saturated carbocycles. The minimum Gasteiger partial charge on any atom is -0.378 e. The van der Waals surface area contributed by atoms with Gasteiger partial charge < -0.3 is 15.1 Å². The van der Waals surface area contributed by atoms with Crippen molar-refractivity contribution in [3.63, 3.8) is 0 Å². The van der Waals surface area contributed by atoms with E-state index in [1.807, 2.05) is 19.0 Å². The molecule has 3 N–H and O–H groups in total. The van der Waals surface area contributed by atoms with Crippen molar-refractivity contribution in [1.82, 2.24) is 15.7 Å². The number of benzene rings is 2. The van der Waals surface area contributed by atoms with Gasteiger partial charge >= 0.3 is 0 Å². The molecule has 0 unspecified atom stereocenters. The molecular formula is C25H31FN4O4. The quantitative estimate of drug-likeness (QED) is 0.407. The van der Waals surface area contributed by atoms with Crippen LogP contribution in [-0.4, -0.2) is 54.5 Å². The van der Waals surface area contributed by atoms with Gasteiger partial charge in [-0.2, -0.15) is 0 Å². The molecule has 0 aromatic heterocycles. The number of hydroxylamine groups is 1. The van der Waals surface area contributed by atoms with E-state index in [0.29, 0.717) is 5.56 Å². The maximum Gasteiger partial charge on any atom is 0.274 e. The van der Waals surface area contributed by atoms with Crippen molar-refractivity contribution in [2.24, 2.45) is 0 Å². The van der Waals surface area contributed by atoms with E-state index in [2.05, 4.69) is 5.32 Å². The maximum absolute atomic E-state index is 14.7. The lowest BCUT2D eigenvalue weighted by Crippen LogP contribution is -2.44. The van der Waals surface area contributed by atoms with Crippen molar-refractivity contribution in [3.8, 4) is 0 Å². The Labute approximate surface area is 198 Å². The average molecular weight is 471 g/mol. The molecule has 0 saturated heterocycles. The SMILES string of the molecule is CN(C)c1ccc(C(=O)N(CC(=O)NC2CCCCC2)Cc2ccc(C(=O)NO)cc2F)cc1. The smallest absolute Gasteiger partial charge is 0.274 e. The predicted molar refractivity (Wildman–Crippen MR) is 126 cm³/mol. The first-order valence-corrected chi connectivity index (χ1v) is 11.4. The van der Waals surface area contributed by atoms with Gasteiger partial charge in [-0.05, 0) is 49.2 Å². The normalized spacial score (nSPS) is 13.8. The topological polar surface area (TPSA) is 102 Å². The van der Waals surface area contributed by atoms with Crippen molar-refractivity contribution in [1.29, 1.82) is 0 Å². The molecule has 0 atom stereocenters. The second-order valence-electron chi connectivity index (χ2n) is 8.75. The first-order valence-electron chi connectivity index (χ1n) is 11.4. The Morgan fingerprint density at radius 3 is 2.24 bits per heavy atom. The molecule has 34 heavy (non-hydrogen) atoms. The fourth-order valence-electron chi connectivity index (χ4n) is 4.06.